The van der Waals surface area contributed by atoms with Crippen molar-refractivity contribution in [1.29, 1.82) is 0 Å². The molecule has 1 fully saturated rings. The van der Waals surface area contributed by atoms with Crippen LogP contribution in [0.25, 0.3) is 0 Å². The maximum absolute atomic E-state index is 12.3. The topological polar surface area (TPSA) is 55.1 Å². The zero-order chi connectivity index (χ0) is 13.0. The minimum absolute atomic E-state index is 0.0278. The molecule has 1 aromatic carbocycles. The maximum atomic E-state index is 12.3. The van der Waals surface area contributed by atoms with Crippen molar-refractivity contribution in [2.24, 2.45) is 17.6 Å². The fourth-order valence-electron chi connectivity index (χ4n) is 2.62. The van der Waals surface area contributed by atoms with E-state index in [1.807, 2.05) is 18.2 Å². The highest BCUT2D eigenvalue weighted by atomic mass is 35.5. The highest BCUT2D eigenvalue weighted by molar-refractivity contribution is 6.33. The summed E-state index contributed by atoms with van der Waals surface area (Å²) in [5.74, 6) is 0.388. The summed E-state index contributed by atoms with van der Waals surface area (Å²) in [6.07, 6.45) is 4.27. The van der Waals surface area contributed by atoms with Gasteiger partial charge in [-0.05, 0) is 37.4 Å². The smallest absolute Gasteiger partial charge is 0.227 e. The predicted molar refractivity (Wildman–Crippen MR) is 74.6 cm³/mol. The minimum Gasteiger partial charge on any atom is -0.330 e. The number of para-hydroxylation sites is 1. The molecule has 1 amide bonds. The number of rotatable bonds is 3. The molecule has 0 aromatic heterocycles. The van der Waals surface area contributed by atoms with Gasteiger partial charge in [0, 0.05) is 5.92 Å². The number of carbonyl (C=O) groups is 1. The van der Waals surface area contributed by atoms with Gasteiger partial charge in [-0.2, -0.15) is 0 Å². The Morgan fingerprint density at radius 3 is 2.78 bits per heavy atom. The normalized spacial score (nSPS) is 23.7. The van der Waals surface area contributed by atoms with Gasteiger partial charge in [0.15, 0.2) is 0 Å². The summed E-state index contributed by atoms with van der Waals surface area (Å²) < 4.78 is 0. The molecular weight excluding hydrogens is 248 g/mol. The molecule has 0 bridgehead atoms. The van der Waals surface area contributed by atoms with Crippen LogP contribution in [-0.4, -0.2) is 12.5 Å². The van der Waals surface area contributed by atoms with E-state index in [0.29, 0.717) is 23.2 Å². The molecule has 0 radical (unpaired) electrons. The SMILES string of the molecule is NCC1CCCCC1C(=O)Nc1ccccc1Cl. The third kappa shape index (κ3) is 3.03. The van der Waals surface area contributed by atoms with E-state index in [1.165, 1.54) is 6.42 Å². The second-order valence-electron chi connectivity index (χ2n) is 4.86. The van der Waals surface area contributed by atoms with Crippen LogP contribution < -0.4 is 11.1 Å². The molecule has 0 aliphatic heterocycles. The van der Waals surface area contributed by atoms with Crippen LogP contribution in [0.5, 0.6) is 0 Å². The molecule has 0 spiro atoms. The lowest BCUT2D eigenvalue weighted by Gasteiger charge is -2.29. The number of benzene rings is 1. The second kappa shape index (κ2) is 6.21. The van der Waals surface area contributed by atoms with E-state index in [0.717, 1.165) is 19.3 Å². The van der Waals surface area contributed by atoms with Crippen LogP contribution >= 0.6 is 11.6 Å². The lowest BCUT2D eigenvalue weighted by molar-refractivity contribution is -0.122. The van der Waals surface area contributed by atoms with Crippen molar-refractivity contribution >= 4 is 23.2 Å². The van der Waals surface area contributed by atoms with E-state index in [2.05, 4.69) is 5.32 Å². The number of anilines is 1. The van der Waals surface area contributed by atoms with Gasteiger partial charge in [0.05, 0.1) is 10.7 Å². The minimum atomic E-state index is 0.0278. The molecule has 0 heterocycles. The molecule has 1 saturated carbocycles. The van der Waals surface area contributed by atoms with Crippen molar-refractivity contribution < 1.29 is 4.79 Å². The first kappa shape index (κ1) is 13.4. The van der Waals surface area contributed by atoms with Gasteiger partial charge in [-0.1, -0.05) is 36.6 Å². The Balaban J connectivity index is 2.05. The van der Waals surface area contributed by atoms with Gasteiger partial charge in [-0.15, -0.1) is 0 Å². The van der Waals surface area contributed by atoms with Gasteiger partial charge < -0.3 is 11.1 Å². The van der Waals surface area contributed by atoms with Crippen LogP contribution in [0.3, 0.4) is 0 Å². The van der Waals surface area contributed by atoms with Crippen LogP contribution in [0.1, 0.15) is 25.7 Å². The first-order valence-electron chi connectivity index (χ1n) is 6.48. The molecule has 4 heteroatoms. The fraction of sp³-hybridized carbons (Fsp3) is 0.500. The summed E-state index contributed by atoms with van der Waals surface area (Å²) in [4.78, 5) is 12.3. The first-order chi connectivity index (χ1) is 8.72. The summed E-state index contributed by atoms with van der Waals surface area (Å²) in [7, 11) is 0. The third-order valence-corrected chi connectivity index (χ3v) is 4.01. The number of amides is 1. The van der Waals surface area contributed by atoms with E-state index >= 15 is 0 Å². The van der Waals surface area contributed by atoms with E-state index in [-0.39, 0.29) is 11.8 Å². The Morgan fingerprint density at radius 2 is 2.06 bits per heavy atom. The van der Waals surface area contributed by atoms with E-state index in [4.69, 9.17) is 17.3 Å². The van der Waals surface area contributed by atoms with E-state index in [9.17, 15) is 4.79 Å². The zero-order valence-corrected chi connectivity index (χ0v) is 11.1. The van der Waals surface area contributed by atoms with Crippen molar-refractivity contribution in [2.45, 2.75) is 25.7 Å². The monoisotopic (exact) mass is 266 g/mol. The molecule has 1 aliphatic carbocycles. The second-order valence-corrected chi connectivity index (χ2v) is 5.26. The van der Waals surface area contributed by atoms with Crippen LogP contribution in [0.4, 0.5) is 5.69 Å². The number of carbonyl (C=O) groups excluding carboxylic acids is 1. The summed E-state index contributed by atoms with van der Waals surface area (Å²) in [6, 6.07) is 7.31. The van der Waals surface area contributed by atoms with Crippen LogP contribution in [0, 0.1) is 11.8 Å². The molecule has 2 atom stereocenters. The van der Waals surface area contributed by atoms with Crippen molar-refractivity contribution in [3.05, 3.63) is 29.3 Å². The Hall–Kier alpha value is -1.06. The standard InChI is InChI=1S/C14H19ClN2O/c15-12-7-3-4-8-13(12)17-14(18)11-6-2-1-5-10(11)9-16/h3-4,7-8,10-11H,1-2,5-6,9,16H2,(H,17,18). The van der Waals surface area contributed by atoms with Gasteiger partial charge in [0.25, 0.3) is 0 Å². The Kier molecular flexibility index (Phi) is 4.61. The summed E-state index contributed by atoms with van der Waals surface area (Å²) in [5.41, 5.74) is 6.43. The van der Waals surface area contributed by atoms with Crippen molar-refractivity contribution in [3.63, 3.8) is 0 Å². The van der Waals surface area contributed by atoms with E-state index in [1.54, 1.807) is 6.07 Å². The van der Waals surface area contributed by atoms with Gasteiger partial charge in [0.2, 0.25) is 5.91 Å². The van der Waals surface area contributed by atoms with Crippen LogP contribution in [0.15, 0.2) is 24.3 Å². The molecule has 2 rings (SSSR count). The summed E-state index contributed by atoms with van der Waals surface area (Å²) in [5, 5.41) is 3.49. The lowest BCUT2D eigenvalue weighted by atomic mass is 9.78. The van der Waals surface area contributed by atoms with Crippen molar-refractivity contribution in [2.75, 3.05) is 11.9 Å². The molecule has 18 heavy (non-hydrogen) atoms. The Morgan fingerprint density at radius 1 is 1.33 bits per heavy atom. The van der Waals surface area contributed by atoms with E-state index < -0.39 is 0 Å². The summed E-state index contributed by atoms with van der Waals surface area (Å²) >= 11 is 6.04. The number of hydrogen-bond acceptors (Lipinski definition) is 2. The van der Waals surface area contributed by atoms with Crippen molar-refractivity contribution in [1.82, 2.24) is 0 Å². The molecule has 1 aromatic rings. The number of hydrogen-bond donors (Lipinski definition) is 2. The highest BCUT2D eigenvalue weighted by Crippen LogP contribution is 2.31. The van der Waals surface area contributed by atoms with Gasteiger partial charge in [0.1, 0.15) is 0 Å². The molecule has 1 aliphatic rings. The van der Waals surface area contributed by atoms with Gasteiger partial charge in [-0.3, -0.25) is 4.79 Å². The van der Waals surface area contributed by atoms with Gasteiger partial charge >= 0.3 is 0 Å². The largest absolute Gasteiger partial charge is 0.330 e. The highest BCUT2D eigenvalue weighted by Gasteiger charge is 2.30. The maximum Gasteiger partial charge on any atom is 0.227 e. The molecule has 3 nitrogen and oxygen atoms in total. The average Bonchev–Trinajstić information content (AvgIpc) is 2.41. The Bertz CT molecular complexity index is 422. The quantitative estimate of drug-likeness (QED) is 0.884. The average molecular weight is 267 g/mol. The molecule has 0 saturated heterocycles. The molecular formula is C14H19ClN2O. The number of nitrogens with one attached hydrogen (secondary N) is 1. The van der Waals surface area contributed by atoms with Crippen LogP contribution in [-0.2, 0) is 4.79 Å². The summed E-state index contributed by atoms with van der Waals surface area (Å²) in [6.45, 7) is 0.584. The first-order valence-corrected chi connectivity index (χ1v) is 6.85. The molecule has 98 valence electrons. The lowest BCUT2D eigenvalue weighted by Crippen LogP contribution is -2.35. The van der Waals surface area contributed by atoms with Gasteiger partial charge in [-0.25, -0.2) is 0 Å². The predicted octanol–water partition coefficient (Wildman–Crippen LogP) is 3.04. The number of halogens is 1. The molecule has 2 unspecified atom stereocenters. The number of nitrogens with two attached hydrogens (primary N) is 1. The zero-order valence-electron chi connectivity index (χ0n) is 10.4. The fourth-order valence-corrected chi connectivity index (χ4v) is 2.81. The van der Waals surface area contributed by atoms with Crippen LogP contribution in [0.2, 0.25) is 5.02 Å². The molecule has 3 N–H and O–H groups in total. The van der Waals surface area contributed by atoms with Crippen molar-refractivity contribution in [3.8, 4) is 0 Å². The Labute approximate surface area is 113 Å². The third-order valence-electron chi connectivity index (χ3n) is 3.68.